The fraction of sp³-hybridized carbons (Fsp3) is 0.400. The van der Waals surface area contributed by atoms with Crippen molar-refractivity contribution in [2.45, 2.75) is 32.2 Å². The highest BCUT2D eigenvalue weighted by Gasteiger charge is 2.06. The highest BCUT2D eigenvalue weighted by atomic mass is 35.5. The number of aryl methyl sites for hydroxylation is 1. The highest BCUT2D eigenvalue weighted by molar-refractivity contribution is 6.35. The van der Waals surface area contributed by atoms with Crippen LogP contribution in [-0.4, -0.2) is 33.3 Å². The van der Waals surface area contributed by atoms with Crippen molar-refractivity contribution >= 4 is 34.4 Å². The molecule has 0 aliphatic rings. The van der Waals surface area contributed by atoms with Crippen LogP contribution >= 0.6 is 11.6 Å². The van der Waals surface area contributed by atoms with Gasteiger partial charge in [0.05, 0.1) is 16.7 Å². The molecule has 22 heavy (non-hydrogen) atoms. The minimum atomic E-state index is -0.878. The van der Waals surface area contributed by atoms with Crippen molar-refractivity contribution in [2.24, 2.45) is 0 Å². The molecule has 0 fully saturated rings. The number of carboxylic acids is 1. The molecule has 0 spiro atoms. The van der Waals surface area contributed by atoms with E-state index < -0.39 is 5.97 Å². The maximum absolute atomic E-state index is 11.5. The molecular weight excluding hydrogens is 306 g/mol. The Kier molecular flexibility index (Phi) is 5.77. The maximum atomic E-state index is 11.5. The number of nitrogens with one attached hydrogen (secondary N) is 1. The van der Waals surface area contributed by atoms with E-state index >= 15 is 0 Å². The average molecular weight is 324 g/mol. The molecule has 0 unspecified atom stereocenters. The van der Waals surface area contributed by atoms with Gasteiger partial charge in [-0.2, -0.15) is 5.10 Å². The van der Waals surface area contributed by atoms with Gasteiger partial charge in [-0.25, -0.2) is 0 Å². The van der Waals surface area contributed by atoms with Crippen LogP contribution in [0.2, 0.25) is 5.02 Å². The van der Waals surface area contributed by atoms with Gasteiger partial charge >= 0.3 is 5.97 Å². The monoisotopic (exact) mass is 323 g/mol. The number of nitrogens with zero attached hydrogens (tertiary/aromatic N) is 2. The molecule has 1 aromatic heterocycles. The Morgan fingerprint density at radius 3 is 2.86 bits per heavy atom. The number of rotatable bonds is 8. The van der Waals surface area contributed by atoms with E-state index in [-0.39, 0.29) is 18.7 Å². The van der Waals surface area contributed by atoms with Crippen LogP contribution < -0.4 is 5.32 Å². The van der Waals surface area contributed by atoms with Gasteiger partial charge in [0.2, 0.25) is 5.91 Å². The summed E-state index contributed by atoms with van der Waals surface area (Å²) >= 11 is 6.09. The first-order chi connectivity index (χ1) is 10.6. The summed E-state index contributed by atoms with van der Waals surface area (Å²) in [6, 6.07) is 5.67. The molecule has 1 amide bonds. The van der Waals surface area contributed by atoms with E-state index in [0.717, 1.165) is 17.3 Å². The van der Waals surface area contributed by atoms with Crippen LogP contribution in [0.3, 0.4) is 0 Å². The third-order valence-electron chi connectivity index (χ3n) is 3.30. The number of aliphatic carboxylic acids is 1. The summed E-state index contributed by atoms with van der Waals surface area (Å²) in [5.41, 5.74) is 0.972. The molecule has 2 rings (SSSR count). The minimum Gasteiger partial charge on any atom is -0.481 e. The number of carbonyl (C=O) groups is 2. The molecule has 1 aromatic carbocycles. The second kappa shape index (κ2) is 7.79. The lowest BCUT2D eigenvalue weighted by molar-refractivity contribution is -0.137. The van der Waals surface area contributed by atoms with Gasteiger partial charge in [-0.3, -0.25) is 14.3 Å². The van der Waals surface area contributed by atoms with Gasteiger partial charge in [-0.1, -0.05) is 17.7 Å². The predicted octanol–water partition coefficient (Wildman–Crippen LogP) is 2.45. The molecule has 0 radical (unpaired) electrons. The lowest BCUT2D eigenvalue weighted by Crippen LogP contribution is -2.25. The Bertz CT molecular complexity index is 669. The van der Waals surface area contributed by atoms with Crippen LogP contribution in [-0.2, 0) is 16.1 Å². The number of carbonyl (C=O) groups excluding carboxylic acids is 1. The van der Waals surface area contributed by atoms with Crippen LogP contribution in [0, 0.1) is 0 Å². The van der Waals surface area contributed by atoms with E-state index in [9.17, 15) is 9.59 Å². The first-order valence-electron chi connectivity index (χ1n) is 7.16. The van der Waals surface area contributed by atoms with E-state index in [0.29, 0.717) is 24.5 Å². The lowest BCUT2D eigenvalue weighted by atomic mass is 10.2. The van der Waals surface area contributed by atoms with Gasteiger partial charge < -0.3 is 10.4 Å². The molecule has 118 valence electrons. The number of benzene rings is 1. The zero-order valence-corrected chi connectivity index (χ0v) is 12.8. The van der Waals surface area contributed by atoms with Gasteiger partial charge in [0, 0.05) is 31.3 Å². The first-order valence-corrected chi connectivity index (χ1v) is 7.54. The summed E-state index contributed by atoms with van der Waals surface area (Å²) in [6.07, 6.45) is 3.11. The normalized spacial score (nSPS) is 10.8. The van der Waals surface area contributed by atoms with Crippen molar-refractivity contribution in [3.05, 3.63) is 29.4 Å². The Labute approximate surface area is 133 Å². The number of hydrogen-bond acceptors (Lipinski definition) is 3. The molecule has 7 heteroatoms. The van der Waals surface area contributed by atoms with Gasteiger partial charge in [-0.05, 0) is 25.0 Å². The standard InChI is InChI=1S/C15H18ClN3O3/c16-12-4-1-5-13-11(12)10-18-19(13)9-3-8-17-14(20)6-2-7-15(21)22/h1,4-5,10H,2-3,6-9H2,(H,17,20)(H,21,22). The number of aromatic nitrogens is 2. The third-order valence-corrected chi connectivity index (χ3v) is 3.63. The van der Waals surface area contributed by atoms with Crippen LogP contribution in [0.25, 0.3) is 10.9 Å². The minimum absolute atomic E-state index is 0.0213. The molecule has 6 nitrogen and oxygen atoms in total. The van der Waals surface area contributed by atoms with E-state index in [1.165, 1.54) is 0 Å². The molecule has 2 aromatic rings. The maximum Gasteiger partial charge on any atom is 0.303 e. The number of carboxylic acid groups (broad SMARTS) is 1. The van der Waals surface area contributed by atoms with Crippen molar-refractivity contribution in [2.75, 3.05) is 6.54 Å². The van der Waals surface area contributed by atoms with E-state index in [1.54, 1.807) is 6.20 Å². The SMILES string of the molecule is O=C(O)CCCC(=O)NCCCn1ncc2c(Cl)cccc21. The fourth-order valence-electron chi connectivity index (χ4n) is 2.19. The molecule has 0 aliphatic carbocycles. The number of amides is 1. The van der Waals surface area contributed by atoms with Gasteiger partial charge in [0.15, 0.2) is 0 Å². The summed E-state index contributed by atoms with van der Waals surface area (Å²) in [6.45, 7) is 1.22. The predicted molar refractivity (Wildman–Crippen MR) is 83.9 cm³/mol. The van der Waals surface area contributed by atoms with Crippen molar-refractivity contribution in [3.8, 4) is 0 Å². The molecule has 0 bridgehead atoms. The van der Waals surface area contributed by atoms with E-state index in [2.05, 4.69) is 10.4 Å². The van der Waals surface area contributed by atoms with Crippen LogP contribution in [0.15, 0.2) is 24.4 Å². The topological polar surface area (TPSA) is 84.2 Å². The molecular formula is C15H18ClN3O3. The Morgan fingerprint density at radius 1 is 1.27 bits per heavy atom. The number of fused-ring (bicyclic) bond motifs is 1. The summed E-state index contributed by atoms with van der Waals surface area (Å²) in [5, 5.41) is 17.2. The highest BCUT2D eigenvalue weighted by Crippen LogP contribution is 2.22. The van der Waals surface area contributed by atoms with Crippen LogP contribution in [0.4, 0.5) is 0 Å². The largest absolute Gasteiger partial charge is 0.481 e. The third kappa shape index (κ3) is 4.46. The van der Waals surface area contributed by atoms with Crippen molar-refractivity contribution < 1.29 is 14.7 Å². The lowest BCUT2D eigenvalue weighted by Gasteiger charge is -2.06. The average Bonchev–Trinajstić information content (AvgIpc) is 2.88. The summed E-state index contributed by atoms with van der Waals surface area (Å²) in [5.74, 6) is -0.994. The number of hydrogen-bond donors (Lipinski definition) is 2. The van der Waals surface area contributed by atoms with Crippen molar-refractivity contribution in [1.29, 1.82) is 0 Å². The van der Waals surface area contributed by atoms with Gasteiger partial charge in [-0.15, -0.1) is 0 Å². The van der Waals surface area contributed by atoms with Crippen LogP contribution in [0.1, 0.15) is 25.7 Å². The molecule has 0 saturated heterocycles. The van der Waals surface area contributed by atoms with Crippen molar-refractivity contribution in [1.82, 2.24) is 15.1 Å². The fourth-order valence-corrected chi connectivity index (χ4v) is 2.41. The Morgan fingerprint density at radius 2 is 2.09 bits per heavy atom. The molecule has 0 atom stereocenters. The van der Waals surface area contributed by atoms with E-state index in [4.69, 9.17) is 16.7 Å². The number of halogens is 1. The van der Waals surface area contributed by atoms with Gasteiger partial charge in [0.25, 0.3) is 0 Å². The second-order valence-electron chi connectivity index (χ2n) is 4.99. The second-order valence-corrected chi connectivity index (χ2v) is 5.40. The zero-order chi connectivity index (χ0) is 15.9. The molecule has 0 aliphatic heterocycles. The summed E-state index contributed by atoms with van der Waals surface area (Å²) in [4.78, 5) is 21.9. The first kappa shape index (κ1) is 16.3. The Hall–Kier alpha value is -2.08. The zero-order valence-electron chi connectivity index (χ0n) is 12.1. The molecule has 2 N–H and O–H groups in total. The molecule has 0 saturated carbocycles. The van der Waals surface area contributed by atoms with Crippen LogP contribution in [0.5, 0.6) is 0 Å². The van der Waals surface area contributed by atoms with Crippen molar-refractivity contribution in [3.63, 3.8) is 0 Å². The summed E-state index contributed by atoms with van der Waals surface area (Å²) in [7, 11) is 0. The molecule has 1 heterocycles. The summed E-state index contributed by atoms with van der Waals surface area (Å²) < 4.78 is 1.86. The Balaban J connectivity index is 1.73. The van der Waals surface area contributed by atoms with E-state index in [1.807, 2.05) is 22.9 Å². The quantitative estimate of drug-likeness (QED) is 0.731. The smallest absolute Gasteiger partial charge is 0.303 e. The van der Waals surface area contributed by atoms with Gasteiger partial charge in [0.1, 0.15) is 0 Å².